The van der Waals surface area contributed by atoms with Gasteiger partial charge in [0.2, 0.25) is 0 Å². The van der Waals surface area contributed by atoms with E-state index in [1.807, 2.05) is 24.3 Å². The number of rotatable bonds is 70. The van der Waals surface area contributed by atoms with E-state index in [1.165, 1.54) is 295 Å². The Hall–Kier alpha value is -3.64. The molecule has 0 heterocycles. The number of ether oxygens (including phenoxy) is 4. The second kappa shape index (κ2) is 73.2. The van der Waals surface area contributed by atoms with E-state index in [1.54, 1.807) is 24.3 Å². The van der Waals surface area contributed by atoms with E-state index in [0.29, 0.717) is 0 Å². The number of carbonyl (C=O) groups is 4. The van der Waals surface area contributed by atoms with Gasteiger partial charge in [0.05, 0.1) is 32.0 Å². The van der Waals surface area contributed by atoms with Crippen molar-refractivity contribution in [3.05, 3.63) is 107 Å². The average molecular weight is 1530 g/mol. The minimum absolute atomic E-state index is 0. The zero-order chi connectivity index (χ0) is 75.9. The molecule has 0 radical (unpaired) electrons. The summed E-state index contributed by atoms with van der Waals surface area (Å²) in [5.41, 5.74) is -0.887. The second-order valence-electron chi connectivity index (χ2n) is 28.7. The summed E-state index contributed by atoms with van der Waals surface area (Å²) in [4.78, 5) is 50.2. The van der Waals surface area contributed by atoms with Crippen molar-refractivity contribution in [2.24, 2.45) is 0 Å². The zero-order valence-corrected chi connectivity index (χ0v) is 70.6. The normalized spacial score (nSPS) is 11.8. The number of esters is 4. The number of benzene rings is 2. The van der Waals surface area contributed by atoms with Crippen molar-refractivity contribution >= 4 is 81.9 Å². The first-order valence-electron chi connectivity index (χ1n) is 42.1. The molecule has 0 amide bonds. The molecule has 0 aliphatic rings. The fourth-order valence-electron chi connectivity index (χ4n) is 12.7. The Labute approximate surface area is 671 Å². The summed E-state index contributed by atoms with van der Waals surface area (Å²) in [5.74, 6) is -3.35. The van der Waals surface area contributed by atoms with Crippen LogP contribution in [0.25, 0.3) is 0 Å². The van der Waals surface area contributed by atoms with Crippen LogP contribution < -0.4 is 0 Å². The van der Waals surface area contributed by atoms with Crippen LogP contribution in [0, 0.1) is 0 Å². The van der Waals surface area contributed by atoms with Crippen LogP contribution in [0.1, 0.15) is 429 Å². The summed E-state index contributed by atoms with van der Waals surface area (Å²) in [6.45, 7) is 9.01. The number of hydrogen-bond acceptors (Lipinski definition) is 14. The Balaban J connectivity index is 0.00000204. The van der Waals surface area contributed by atoms with E-state index in [4.69, 9.17) is 18.9 Å². The molecule has 0 saturated heterocycles. The average Bonchev–Trinajstić information content (AvgIpc) is 0.816. The fraction of sp³-hybridized carbons (Fsp3) is 0.727. The Morgan fingerprint density at radius 2 is 0.419 bits per heavy atom. The summed E-state index contributed by atoms with van der Waals surface area (Å²) >= 11 is 0. The van der Waals surface area contributed by atoms with Crippen LogP contribution in [0.15, 0.2) is 94.8 Å². The van der Waals surface area contributed by atoms with Gasteiger partial charge in [-0.2, -0.15) is 0 Å². The smallest absolute Gasteiger partial charge is 0.744 e. The first-order chi connectivity index (χ1) is 50.6. The van der Waals surface area contributed by atoms with Gasteiger partial charge in [0, 0.05) is 0 Å². The van der Waals surface area contributed by atoms with Gasteiger partial charge >= 0.3 is 61.6 Å². The molecule has 0 atom stereocenters. The van der Waals surface area contributed by atoms with E-state index < -0.39 is 53.9 Å². The summed E-state index contributed by atoms with van der Waals surface area (Å²) in [7, 11) is -9.67. The van der Waals surface area contributed by atoms with Gasteiger partial charge in [0.1, 0.15) is 46.7 Å². The Kier molecular flexibility index (Phi) is 70.6. The van der Waals surface area contributed by atoms with Crippen LogP contribution in [0.3, 0.4) is 0 Å². The van der Waals surface area contributed by atoms with Crippen LogP contribution in [0.4, 0.5) is 0 Å². The van der Waals surface area contributed by atoms with Crippen molar-refractivity contribution in [3.8, 4) is 0 Å². The van der Waals surface area contributed by atoms with Crippen molar-refractivity contribution in [2.75, 3.05) is 26.4 Å². The molecule has 0 aliphatic heterocycles. The number of unbranched alkanes of at least 4 members (excludes halogenated alkanes) is 52. The quantitative estimate of drug-likeness (QED) is 0.0150. The molecule has 0 spiro atoms. The Morgan fingerprint density at radius 3 is 0.590 bits per heavy atom. The minimum atomic E-state index is -4.83. The minimum Gasteiger partial charge on any atom is -0.744 e. The molecule has 0 unspecified atom stereocenters. The first kappa shape index (κ1) is 101. The van der Waals surface area contributed by atoms with Crippen molar-refractivity contribution in [1.29, 1.82) is 0 Å². The summed E-state index contributed by atoms with van der Waals surface area (Å²) in [6.07, 6.45) is 86.2. The third-order valence-corrected chi connectivity index (χ3v) is 20.9. The van der Waals surface area contributed by atoms with Gasteiger partial charge in [-0.1, -0.05) is 385 Å². The third-order valence-electron chi connectivity index (χ3n) is 19.2. The van der Waals surface area contributed by atoms with E-state index in [-0.39, 0.29) is 86.4 Å². The maximum absolute atomic E-state index is 12.9. The topological polar surface area (TPSA) is 220 Å². The first-order valence-corrected chi connectivity index (χ1v) is 44.9. The maximum atomic E-state index is 12.9. The van der Waals surface area contributed by atoms with Crippen LogP contribution >= 0.6 is 0 Å². The molecule has 0 saturated carbocycles. The molecule has 2 rings (SSSR count). The van der Waals surface area contributed by atoms with Gasteiger partial charge in [-0.15, -0.1) is 0 Å². The van der Waals surface area contributed by atoms with Gasteiger partial charge in [0.15, 0.2) is 0 Å². The molecule has 0 bridgehead atoms. The predicted molar refractivity (Wildman–Crippen MR) is 434 cm³/mol. The van der Waals surface area contributed by atoms with Crippen molar-refractivity contribution in [1.82, 2.24) is 0 Å². The summed E-state index contributed by atoms with van der Waals surface area (Å²) in [5, 5.41) is 0. The van der Waals surface area contributed by atoms with Gasteiger partial charge < -0.3 is 28.1 Å². The number of hydrogen-bond donors (Lipinski definition) is 0. The van der Waals surface area contributed by atoms with Crippen molar-refractivity contribution in [2.45, 2.75) is 397 Å². The largest absolute Gasteiger partial charge is 2.00 e. The monoisotopic (exact) mass is 1530 g/mol. The van der Waals surface area contributed by atoms with Crippen molar-refractivity contribution in [3.63, 3.8) is 0 Å². The number of allylic oxidation sites excluding steroid dienone is 4. The third kappa shape index (κ3) is 60.8. The zero-order valence-electron chi connectivity index (χ0n) is 66.7. The van der Waals surface area contributed by atoms with Crippen LogP contribution in [0.2, 0.25) is 0 Å². The summed E-state index contributed by atoms with van der Waals surface area (Å²) < 4.78 is 91.0. The molecular formula is C88H146CaO14S2. The summed E-state index contributed by atoms with van der Waals surface area (Å²) in [6, 6.07) is 6.06. The molecule has 0 fully saturated rings. The Morgan fingerprint density at radius 1 is 0.257 bits per heavy atom. The van der Waals surface area contributed by atoms with Gasteiger partial charge in [-0.3, -0.25) is 0 Å². The molecule has 0 N–H and O–H groups in total. The molecule has 2 aromatic carbocycles. The molecule has 14 nitrogen and oxygen atoms in total. The molecule has 0 aliphatic carbocycles. The van der Waals surface area contributed by atoms with Crippen LogP contribution in [-0.4, -0.2) is 114 Å². The molecule has 596 valence electrons. The molecule has 105 heavy (non-hydrogen) atoms. The maximum Gasteiger partial charge on any atom is 2.00 e. The molecule has 17 heteroatoms. The SMILES string of the molecule is CCCCCCCCCCCCCCC/C=C/COC(=O)c1ccc(S(=O)(=O)[O-])cc1C(=O)OC/C=C/CCCCCCCCCCCCCCC.CCCCCCCCCCCCCCC/C=C/COC(=O)c1ccc(S(=O)(=O)[O-])cc1C(=O)OC/C=C/CCCCCCCCCCCCCCC.[Ca+2]. The van der Waals surface area contributed by atoms with Crippen LogP contribution in [-0.2, 0) is 39.2 Å². The fourth-order valence-corrected chi connectivity index (χ4v) is 13.7. The van der Waals surface area contributed by atoms with Crippen molar-refractivity contribution < 1.29 is 64.1 Å². The number of carbonyl (C=O) groups excluding carboxylic acids is 4. The van der Waals surface area contributed by atoms with E-state index in [9.17, 15) is 45.1 Å². The van der Waals surface area contributed by atoms with Gasteiger partial charge in [-0.25, -0.2) is 36.0 Å². The van der Waals surface area contributed by atoms with E-state index in [2.05, 4.69) is 27.7 Å². The standard InChI is InChI=1S/2C44H74O7S.Ca/c2*1-3-5-7-9-11-13-15-17-19-21-23-25-27-29-31-33-37-50-43(45)41-36-35-40(52(47,48)49)39-42(41)44(46)51-38-34-32-30-28-26-24-22-20-18-16-14-12-10-8-6-4-2;/h2*31-36,39H,3-30,37-38H2,1-2H3,(H,47,48,49);/q;;+2/p-2/b2*33-31+,34-32+;. The van der Waals surface area contributed by atoms with Crippen LogP contribution in [0.5, 0.6) is 0 Å². The Bertz CT molecular complexity index is 2610. The molecule has 0 aromatic heterocycles. The van der Waals surface area contributed by atoms with Gasteiger partial charge in [-0.05, 0) is 87.8 Å². The predicted octanol–water partition coefficient (Wildman–Crippen LogP) is 25.6. The van der Waals surface area contributed by atoms with E-state index >= 15 is 0 Å². The second-order valence-corrected chi connectivity index (χ2v) is 31.5. The van der Waals surface area contributed by atoms with Gasteiger partial charge in [0.25, 0.3) is 0 Å². The molecule has 2 aromatic rings. The van der Waals surface area contributed by atoms with E-state index in [0.717, 1.165) is 101 Å². The molecular weight excluding hydrogens is 1390 g/mol.